The second-order valence-electron chi connectivity index (χ2n) is 8.95. The molecular formula is C30H34ClN3O4. The van der Waals surface area contributed by atoms with E-state index in [1.165, 1.54) is 0 Å². The van der Waals surface area contributed by atoms with Crippen LogP contribution in [0.5, 0.6) is 17.2 Å². The molecule has 8 heteroatoms. The van der Waals surface area contributed by atoms with Gasteiger partial charge in [0.25, 0.3) is 5.91 Å². The number of aryl methyl sites for hydroxylation is 2. The van der Waals surface area contributed by atoms with Crippen LogP contribution in [-0.2, 0) is 17.8 Å². The van der Waals surface area contributed by atoms with E-state index in [4.69, 9.17) is 30.8 Å². The minimum Gasteiger partial charge on any atom is -0.497 e. The van der Waals surface area contributed by atoms with E-state index in [1.807, 2.05) is 30.3 Å². The highest BCUT2D eigenvalue weighted by Gasteiger charge is 2.10. The summed E-state index contributed by atoms with van der Waals surface area (Å²) in [4.78, 5) is 16.9. The fourth-order valence-corrected chi connectivity index (χ4v) is 4.32. The maximum absolute atomic E-state index is 12.0. The van der Waals surface area contributed by atoms with Gasteiger partial charge in [0.05, 0.1) is 24.8 Å². The summed E-state index contributed by atoms with van der Waals surface area (Å²) in [5.74, 6) is 3.25. The molecule has 0 fully saturated rings. The number of aromatic nitrogens is 2. The molecule has 7 nitrogen and oxygen atoms in total. The largest absolute Gasteiger partial charge is 0.497 e. The molecule has 3 aromatic carbocycles. The molecule has 1 aromatic heterocycles. The highest BCUT2D eigenvalue weighted by Crippen LogP contribution is 2.20. The molecule has 0 atom stereocenters. The molecular weight excluding hydrogens is 502 g/mol. The van der Waals surface area contributed by atoms with Gasteiger partial charge in [-0.2, -0.15) is 0 Å². The molecule has 0 saturated carbocycles. The van der Waals surface area contributed by atoms with Crippen LogP contribution in [0.2, 0.25) is 5.02 Å². The molecule has 0 aliphatic rings. The quantitative estimate of drug-likeness (QED) is 0.187. The lowest BCUT2D eigenvalue weighted by Crippen LogP contribution is -2.29. The van der Waals surface area contributed by atoms with Crippen LogP contribution in [0.4, 0.5) is 0 Å². The molecule has 0 radical (unpaired) electrons. The Labute approximate surface area is 228 Å². The first kappa shape index (κ1) is 27.3. The van der Waals surface area contributed by atoms with Gasteiger partial charge in [-0.25, -0.2) is 4.98 Å². The molecule has 1 amide bonds. The molecule has 0 aliphatic carbocycles. The number of para-hydroxylation sites is 2. The zero-order valence-electron chi connectivity index (χ0n) is 21.7. The number of amides is 1. The fraction of sp³-hybridized carbons (Fsp3) is 0.333. The standard InChI is InChI=1S/C30H34ClN3O4/c1-36-24-15-17-25(18-16-24)37-21-7-20-34-28-9-5-4-8-27(28)33-29(34)10-3-2-6-19-32-30(35)22-38-26-13-11-23(31)12-14-26/h4-5,8-9,11-18H,2-3,6-7,10,19-22H2,1H3,(H,32,35). The number of methoxy groups -OCH3 is 1. The lowest BCUT2D eigenvalue weighted by atomic mass is 10.2. The minimum atomic E-state index is -0.126. The van der Waals surface area contributed by atoms with Crippen molar-refractivity contribution in [2.24, 2.45) is 0 Å². The SMILES string of the molecule is COc1ccc(OCCCn2c(CCCCCNC(=O)COc3ccc(Cl)cc3)nc3ccccc32)cc1. The van der Waals surface area contributed by atoms with Gasteiger partial charge >= 0.3 is 0 Å². The molecule has 200 valence electrons. The van der Waals surface area contributed by atoms with Crippen molar-refractivity contribution in [3.63, 3.8) is 0 Å². The summed E-state index contributed by atoms with van der Waals surface area (Å²) in [6, 6.07) is 22.9. The monoisotopic (exact) mass is 535 g/mol. The molecule has 0 bridgehead atoms. The van der Waals surface area contributed by atoms with Crippen LogP contribution in [0.15, 0.2) is 72.8 Å². The highest BCUT2D eigenvalue weighted by atomic mass is 35.5. The summed E-state index contributed by atoms with van der Waals surface area (Å²) in [6.07, 6.45) is 4.68. The minimum absolute atomic E-state index is 0.00611. The molecule has 4 aromatic rings. The first-order valence-electron chi connectivity index (χ1n) is 13.0. The highest BCUT2D eigenvalue weighted by molar-refractivity contribution is 6.30. The average molecular weight is 536 g/mol. The summed E-state index contributed by atoms with van der Waals surface area (Å²) in [5, 5.41) is 3.55. The number of ether oxygens (including phenoxy) is 3. The Morgan fingerprint density at radius 2 is 1.58 bits per heavy atom. The van der Waals surface area contributed by atoms with Crippen LogP contribution in [0.1, 0.15) is 31.5 Å². The number of benzene rings is 3. The molecule has 38 heavy (non-hydrogen) atoms. The van der Waals surface area contributed by atoms with E-state index in [0.29, 0.717) is 23.9 Å². The Hall–Kier alpha value is -3.71. The predicted octanol–water partition coefficient (Wildman–Crippen LogP) is 6.08. The number of nitrogens with one attached hydrogen (secondary N) is 1. The van der Waals surface area contributed by atoms with Crippen molar-refractivity contribution in [1.82, 2.24) is 14.9 Å². The molecule has 0 unspecified atom stereocenters. The molecule has 4 rings (SSSR count). The second kappa shape index (κ2) is 14.3. The van der Waals surface area contributed by atoms with E-state index < -0.39 is 0 Å². The van der Waals surface area contributed by atoms with Gasteiger partial charge < -0.3 is 24.1 Å². The number of carbonyl (C=O) groups is 1. The summed E-state index contributed by atoms with van der Waals surface area (Å²) in [6.45, 7) is 2.09. The van der Waals surface area contributed by atoms with Crippen LogP contribution in [0.3, 0.4) is 0 Å². The van der Waals surface area contributed by atoms with Gasteiger partial charge in [0.1, 0.15) is 23.1 Å². The number of unbranched alkanes of at least 4 members (excludes halogenated alkanes) is 2. The Kier molecular flexibility index (Phi) is 10.3. The summed E-state index contributed by atoms with van der Waals surface area (Å²) >= 11 is 5.86. The van der Waals surface area contributed by atoms with Crippen LogP contribution >= 0.6 is 11.6 Å². The van der Waals surface area contributed by atoms with Crippen molar-refractivity contribution in [1.29, 1.82) is 0 Å². The summed E-state index contributed by atoms with van der Waals surface area (Å²) in [7, 11) is 1.65. The van der Waals surface area contributed by atoms with E-state index in [1.54, 1.807) is 31.4 Å². The maximum atomic E-state index is 12.0. The number of rotatable bonds is 15. The number of hydrogen-bond acceptors (Lipinski definition) is 5. The Balaban J connectivity index is 1.18. The Morgan fingerprint density at radius 1 is 0.868 bits per heavy atom. The first-order chi connectivity index (χ1) is 18.6. The molecule has 1 heterocycles. The smallest absolute Gasteiger partial charge is 0.257 e. The predicted molar refractivity (Wildman–Crippen MR) is 150 cm³/mol. The zero-order valence-corrected chi connectivity index (χ0v) is 22.5. The summed E-state index contributed by atoms with van der Waals surface area (Å²) in [5.41, 5.74) is 2.17. The summed E-state index contributed by atoms with van der Waals surface area (Å²) < 4.78 is 18.9. The fourth-order valence-electron chi connectivity index (χ4n) is 4.19. The van der Waals surface area contributed by atoms with E-state index in [0.717, 1.165) is 67.0 Å². The number of halogens is 1. The number of nitrogens with zero attached hydrogens (tertiary/aromatic N) is 2. The van der Waals surface area contributed by atoms with Crippen LogP contribution in [0.25, 0.3) is 11.0 Å². The van der Waals surface area contributed by atoms with Crippen LogP contribution in [-0.4, -0.2) is 42.3 Å². The Morgan fingerprint density at radius 3 is 2.37 bits per heavy atom. The van der Waals surface area contributed by atoms with E-state index >= 15 is 0 Å². The van der Waals surface area contributed by atoms with Gasteiger partial charge in [0.15, 0.2) is 6.61 Å². The van der Waals surface area contributed by atoms with E-state index in [-0.39, 0.29) is 12.5 Å². The second-order valence-corrected chi connectivity index (χ2v) is 9.39. The van der Waals surface area contributed by atoms with Crippen molar-refractivity contribution >= 4 is 28.5 Å². The van der Waals surface area contributed by atoms with Gasteiger partial charge in [-0.1, -0.05) is 30.2 Å². The topological polar surface area (TPSA) is 74.6 Å². The van der Waals surface area contributed by atoms with Crippen molar-refractivity contribution in [3.8, 4) is 17.2 Å². The number of fused-ring (bicyclic) bond motifs is 1. The van der Waals surface area contributed by atoms with Crippen molar-refractivity contribution in [2.45, 2.75) is 38.6 Å². The zero-order chi connectivity index (χ0) is 26.6. The first-order valence-corrected chi connectivity index (χ1v) is 13.4. The number of imidazole rings is 1. The molecule has 0 aliphatic heterocycles. The lowest BCUT2D eigenvalue weighted by Gasteiger charge is -2.11. The third-order valence-electron chi connectivity index (χ3n) is 6.17. The van der Waals surface area contributed by atoms with Crippen molar-refractivity contribution in [3.05, 3.63) is 83.6 Å². The molecule has 0 saturated heterocycles. The van der Waals surface area contributed by atoms with E-state index in [9.17, 15) is 4.79 Å². The van der Waals surface area contributed by atoms with Crippen molar-refractivity contribution < 1.29 is 19.0 Å². The third kappa shape index (κ3) is 8.15. The maximum Gasteiger partial charge on any atom is 0.257 e. The average Bonchev–Trinajstić information content (AvgIpc) is 3.30. The van der Waals surface area contributed by atoms with Gasteiger partial charge in [-0.05, 0) is 79.9 Å². The molecule has 1 N–H and O–H groups in total. The van der Waals surface area contributed by atoms with Crippen molar-refractivity contribution in [2.75, 3.05) is 26.9 Å². The normalized spacial score (nSPS) is 10.9. The van der Waals surface area contributed by atoms with Gasteiger partial charge in [0.2, 0.25) is 0 Å². The number of hydrogen-bond donors (Lipinski definition) is 1. The number of carbonyl (C=O) groups excluding carboxylic acids is 1. The van der Waals surface area contributed by atoms with Gasteiger partial charge in [-0.3, -0.25) is 4.79 Å². The Bertz CT molecular complexity index is 1290. The molecule has 0 spiro atoms. The van der Waals surface area contributed by atoms with Crippen LogP contribution < -0.4 is 19.5 Å². The third-order valence-corrected chi connectivity index (χ3v) is 6.42. The lowest BCUT2D eigenvalue weighted by molar-refractivity contribution is -0.123. The van der Waals surface area contributed by atoms with Gasteiger partial charge in [-0.15, -0.1) is 0 Å². The van der Waals surface area contributed by atoms with Gasteiger partial charge in [0, 0.05) is 24.5 Å². The van der Waals surface area contributed by atoms with E-state index in [2.05, 4.69) is 28.1 Å². The van der Waals surface area contributed by atoms with Crippen LogP contribution in [0, 0.1) is 0 Å².